The van der Waals surface area contributed by atoms with Gasteiger partial charge in [-0.1, -0.05) is 48.5 Å². The van der Waals surface area contributed by atoms with Crippen LogP contribution in [0, 0.1) is 0 Å². The second-order valence-corrected chi connectivity index (χ2v) is 9.78. The normalized spacial score (nSPS) is 17.9. The number of ether oxygens (including phenoxy) is 1. The number of carbonyl (C=O) groups is 1. The van der Waals surface area contributed by atoms with E-state index >= 15 is 0 Å². The molecule has 2 heterocycles. The van der Waals surface area contributed by atoms with Gasteiger partial charge in [0.15, 0.2) is 0 Å². The Labute approximate surface area is 184 Å². The van der Waals surface area contributed by atoms with Crippen molar-refractivity contribution in [2.75, 3.05) is 39.4 Å². The fourth-order valence-electron chi connectivity index (χ4n) is 3.98. The summed E-state index contributed by atoms with van der Waals surface area (Å²) in [7, 11) is -3.48. The number of nitrogens with zero attached hydrogens (tertiary/aromatic N) is 2. The Bertz CT molecular complexity index is 1030. The molecule has 0 N–H and O–H groups in total. The van der Waals surface area contributed by atoms with E-state index in [0.717, 1.165) is 18.5 Å². The molecule has 2 aliphatic heterocycles. The first-order valence-corrected chi connectivity index (χ1v) is 12.2. The Hall–Kier alpha value is -2.48. The van der Waals surface area contributed by atoms with Gasteiger partial charge in [0.25, 0.3) is 0 Å². The van der Waals surface area contributed by atoms with Gasteiger partial charge in [0.2, 0.25) is 15.9 Å². The van der Waals surface area contributed by atoms with Crippen molar-refractivity contribution in [3.8, 4) is 0 Å². The largest absolute Gasteiger partial charge is 0.379 e. The van der Waals surface area contributed by atoms with Crippen LogP contribution in [-0.4, -0.2) is 62.9 Å². The minimum absolute atomic E-state index is 0.133. The number of hydrogen-bond acceptors (Lipinski definition) is 4. The van der Waals surface area contributed by atoms with Gasteiger partial charge in [-0.15, -0.1) is 0 Å². The highest BCUT2D eigenvalue weighted by Crippen LogP contribution is 2.23. The minimum atomic E-state index is -3.48. The summed E-state index contributed by atoms with van der Waals surface area (Å²) >= 11 is 0. The molecule has 7 heteroatoms. The zero-order valence-corrected chi connectivity index (χ0v) is 18.4. The van der Waals surface area contributed by atoms with Crippen molar-refractivity contribution in [3.63, 3.8) is 0 Å². The van der Waals surface area contributed by atoms with Gasteiger partial charge in [0.1, 0.15) is 0 Å². The molecule has 4 rings (SSSR count). The summed E-state index contributed by atoms with van der Waals surface area (Å²) in [6, 6.07) is 17.2. The number of sulfonamides is 1. The van der Waals surface area contributed by atoms with E-state index < -0.39 is 10.0 Å². The lowest BCUT2D eigenvalue weighted by atomic mass is 9.99. The highest BCUT2D eigenvalue weighted by atomic mass is 32.2. The van der Waals surface area contributed by atoms with Crippen molar-refractivity contribution in [2.45, 2.75) is 24.2 Å². The van der Waals surface area contributed by atoms with Crippen LogP contribution in [0.3, 0.4) is 0 Å². The smallest absolute Gasteiger partial charge is 0.243 e. The molecule has 1 amide bonds. The zero-order valence-electron chi connectivity index (χ0n) is 17.6. The Kier molecular flexibility index (Phi) is 6.85. The average molecular weight is 441 g/mol. The molecule has 0 aliphatic carbocycles. The van der Waals surface area contributed by atoms with Gasteiger partial charge in [-0.2, -0.15) is 4.31 Å². The summed E-state index contributed by atoms with van der Waals surface area (Å²) in [5.41, 5.74) is 3.48. The summed E-state index contributed by atoms with van der Waals surface area (Å²) in [4.78, 5) is 14.8. The quantitative estimate of drug-likeness (QED) is 0.693. The summed E-state index contributed by atoms with van der Waals surface area (Å²) in [5, 5.41) is 0. The second-order valence-electron chi connectivity index (χ2n) is 7.85. The number of rotatable bonds is 6. The zero-order chi connectivity index (χ0) is 21.7. The van der Waals surface area contributed by atoms with Gasteiger partial charge in [0, 0.05) is 32.6 Å². The van der Waals surface area contributed by atoms with E-state index in [0.29, 0.717) is 50.6 Å². The van der Waals surface area contributed by atoms with Gasteiger partial charge in [-0.05, 0) is 41.7 Å². The minimum Gasteiger partial charge on any atom is -0.379 e. The van der Waals surface area contributed by atoms with E-state index in [2.05, 4.69) is 18.2 Å². The molecule has 0 unspecified atom stereocenters. The topological polar surface area (TPSA) is 66.9 Å². The molecule has 0 radical (unpaired) electrons. The van der Waals surface area contributed by atoms with Crippen LogP contribution in [0.5, 0.6) is 0 Å². The standard InChI is InChI=1S/C24H28N2O4S/c27-24(25-14-12-22(13-15-25)21-4-2-1-3-5-21)11-8-20-6-9-23(10-7-20)31(28,29)26-16-18-30-19-17-26/h1-7,9-10,12H,8,11,13-19H2. The molecule has 0 spiro atoms. The molecule has 1 saturated heterocycles. The lowest BCUT2D eigenvalue weighted by Crippen LogP contribution is -2.40. The molecular formula is C24H28N2O4S. The summed E-state index contributed by atoms with van der Waals surface area (Å²) < 4.78 is 32.1. The first kappa shape index (κ1) is 21.7. The molecule has 0 aromatic heterocycles. The summed E-state index contributed by atoms with van der Waals surface area (Å²) in [6.45, 7) is 3.00. The third kappa shape index (κ3) is 5.23. The Balaban J connectivity index is 1.30. The number of carbonyl (C=O) groups excluding carboxylic acids is 1. The van der Waals surface area contributed by atoms with Crippen LogP contribution >= 0.6 is 0 Å². The SMILES string of the molecule is O=C(CCc1ccc(S(=O)(=O)N2CCOCC2)cc1)N1CC=C(c2ccccc2)CC1. The Morgan fingerprint density at radius 1 is 0.935 bits per heavy atom. The fourth-order valence-corrected chi connectivity index (χ4v) is 5.39. The molecule has 1 fully saturated rings. The maximum atomic E-state index is 12.7. The van der Waals surface area contributed by atoms with Crippen LogP contribution in [0.25, 0.3) is 5.57 Å². The van der Waals surface area contributed by atoms with Crippen LogP contribution in [-0.2, 0) is 26.0 Å². The third-order valence-electron chi connectivity index (χ3n) is 5.87. The van der Waals surface area contributed by atoms with E-state index in [9.17, 15) is 13.2 Å². The van der Waals surface area contributed by atoms with E-state index in [1.165, 1.54) is 15.4 Å². The van der Waals surface area contributed by atoms with Crippen LogP contribution < -0.4 is 0 Å². The molecule has 6 nitrogen and oxygen atoms in total. The lowest BCUT2D eigenvalue weighted by Gasteiger charge is -2.27. The first-order valence-electron chi connectivity index (χ1n) is 10.7. The predicted octanol–water partition coefficient (Wildman–Crippen LogP) is 2.96. The number of hydrogen-bond donors (Lipinski definition) is 0. The first-order chi connectivity index (χ1) is 15.0. The van der Waals surface area contributed by atoms with Crippen LogP contribution in [0.2, 0.25) is 0 Å². The highest BCUT2D eigenvalue weighted by Gasteiger charge is 2.26. The van der Waals surface area contributed by atoms with Crippen molar-refractivity contribution in [1.82, 2.24) is 9.21 Å². The average Bonchev–Trinajstić information content (AvgIpc) is 2.84. The van der Waals surface area contributed by atoms with E-state index in [-0.39, 0.29) is 5.91 Å². The van der Waals surface area contributed by atoms with E-state index in [4.69, 9.17) is 4.74 Å². The molecule has 164 valence electrons. The molecule has 2 aromatic rings. The van der Waals surface area contributed by atoms with Crippen molar-refractivity contribution in [3.05, 3.63) is 71.8 Å². The van der Waals surface area contributed by atoms with Gasteiger partial charge < -0.3 is 9.64 Å². The predicted molar refractivity (Wildman–Crippen MR) is 120 cm³/mol. The molecular weight excluding hydrogens is 412 g/mol. The summed E-state index contributed by atoms with van der Waals surface area (Å²) in [5.74, 6) is 0.133. The van der Waals surface area contributed by atoms with Gasteiger partial charge in [-0.3, -0.25) is 4.79 Å². The number of benzene rings is 2. The van der Waals surface area contributed by atoms with Crippen LogP contribution in [0.1, 0.15) is 24.0 Å². The van der Waals surface area contributed by atoms with Gasteiger partial charge >= 0.3 is 0 Å². The number of aryl methyl sites for hydroxylation is 1. The second kappa shape index (κ2) is 9.77. The van der Waals surface area contributed by atoms with Crippen molar-refractivity contribution in [2.24, 2.45) is 0 Å². The monoisotopic (exact) mass is 440 g/mol. The molecule has 2 aromatic carbocycles. The molecule has 0 saturated carbocycles. The van der Waals surface area contributed by atoms with Crippen LogP contribution in [0.15, 0.2) is 65.6 Å². The van der Waals surface area contributed by atoms with Crippen molar-refractivity contribution in [1.29, 1.82) is 0 Å². The molecule has 0 atom stereocenters. The van der Waals surface area contributed by atoms with Crippen LogP contribution in [0.4, 0.5) is 0 Å². The van der Waals surface area contributed by atoms with E-state index in [1.807, 2.05) is 35.2 Å². The maximum Gasteiger partial charge on any atom is 0.243 e. The maximum absolute atomic E-state index is 12.7. The lowest BCUT2D eigenvalue weighted by molar-refractivity contribution is -0.130. The Morgan fingerprint density at radius 2 is 1.65 bits per heavy atom. The third-order valence-corrected chi connectivity index (χ3v) is 7.78. The van der Waals surface area contributed by atoms with Gasteiger partial charge in [-0.25, -0.2) is 8.42 Å². The summed E-state index contributed by atoms with van der Waals surface area (Å²) in [6.07, 6.45) is 4.03. The Morgan fingerprint density at radius 3 is 2.29 bits per heavy atom. The van der Waals surface area contributed by atoms with Gasteiger partial charge in [0.05, 0.1) is 18.1 Å². The van der Waals surface area contributed by atoms with Crippen molar-refractivity contribution < 1.29 is 17.9 Å². The van der Waals surface area contributed by atoms with E-state index in [1.54, 1.807) is 12.1 Å². The molecule has 2 aliphatic rings. The fraction of sp³-hybridized carbons (Fsp3) is 0.375. The molecule has 31 heavy (non-hydrogen) atoms. The van der Waals surface area contributed by atoms with Crippen molar-refractivity contribution >= 4 is 21.5 Å². The number of amides is 1. The molecule has 0 bridgehead atoms. The highest BCUT2D eigenvalue weighted by molar-refractivity contribution is 7.89. The number of morpholine rings is 1.